The topological polar surface area (TPSA) is 28.2 Å². The van der Waals surface area contributed by atoms with Gasteiger partial charge in [0.25, 0.3) is 0 Å². The smallest absolute Gasteiger partial charge is 0.186 e. The van der Waals surface area contributed by atoms with Gasteiger partial charge in [0.15, 0.2) is 5.13 Å². The van der Waals surface area contributed by atoms with Gasteiger partial charge in [-0.2, -0.15) is 0 Å². The standard InChI is InChI=1S/C16H29N3S/c1-5-7-14-15(11-17-12(3)4)20-16(18-14)19(10-6-2)13-8-9-13/h12-13,17H,5-11H2,1-4H3. The highest BCUT2D eigenvalue weighted by molar-refractivity contribution is 7.15. The van der Waals surface area contributed by atoms with Crippen LogP contribution in [0, 0.1) is 0 Å². The molecule has 0 radical (unpaired) electrons. The molecule has 114 valence electrons. The molecule has 1 aromatic heterocycles. The number of hydrogen-bond donors (Lipinski definition) is 1. The number of anilines is 1. The van der Waals surface area contributed by atoms with Crippen LogP contribution in [0.2, 0.25) is 0 Å². The summed E-state index contributed by atoms with van der Waals surface area (Å²) >= 11 is 1.91. The van der Waals surface area contributed by atoms with Crippen LogP contribution < -0.4 is 10.2 Å². The van der Waals surface area contributed by atoms with Gasteiger partial charge in [0, 0.05) is 30.1 Å². The lowest BCUT2D eigenvalue weighted by atomic mass is 10.2. The third kappa shape index (κ3) is 4.19. The minimum atomic E-state index is 0.533. The molecule has 1 heterocycles. The van der Waals surface area contributed by atoms with Crippen LogP contribution in [-0.2, 0) is 13.0 Å². The highest BCUT2D eigenvalue weighted by Gasteiger charge is 2.31. The molecule has 0 unspecified atom stereocenters. The van der Waals surface area contributed by atoms with Crippen LogP contribution in [0.1, 0.15) is 63.9 Å². The van der Waals surface area contributed by atoms with Crippen LogP contribution in [0.15, 0.2) is 0 Å². The van der Waals surface area contributed by atoms with Gasteiger partial charge >= 0.3 is 0 Å². The molecule has 3 nitrogen and oxygen atoms in total. The third-order valence-corrected chi connectivity index (χ3v) is 4.76. The number of aromatic nitrogens is 1. The molecule has 1 aliphatic rings. The molecular formula is C16H29N3S. The van der Waals surface area contributed by atoms with Gasteiger partial charge in [-0.25, -0.2) is 4.98 Å². The predicted molar refractivity (Wildman–Crippen MR) is 88.7 cm³/mol. The summed E-state index contributed by atoms with van der Waals surface area (Å²) in [7, 11) is 0. The Kier molecular flexibility index (Phi) is 5.85. The van der Waals surface area contributed by atoms with Gasteiger partial charge in [-0.1, -0.05) is 34.1 Å². The van der Waals surface area contributed by atoms with Crippen molar-refractivity contribution in [2.75, 3.05) is 11.4 Å². The fraction of sp³-hybridized carbons (Fsp3) is 0.812. The number of rotatable bonds is 9. The third-order valence-electron chi connectivity index (χ3n) is 3.62. The Labute approximate surface area is 127 Å². The molecule has 2 rings (SSSR count). The summed E-state index contributed by atoms with van der Waals surface area (Å²) < 4.78 is 0. The van der Waals surface area contributed by atoms with Gasteiger partial charge in [0.2, 0.25) is 0 Å². The molecule has 0 atom stereocenters. The predicted octanol–water partition coefficient (Wildman–Crippen LogP) is 3.97. The zero-order valence-electron chi connectivity index (χ0n) is 13.4. The highest BCUT2D eigenvalue weighted by Crippen LogP contribution is 2.35. The summed E-state index contributed by atoms with van der Waals surface area (Å²) in [6.45, 7) is 11.0. The molecule has 1 aromatic rings. The van der Waals surface area contributed by atoms with Crippen molar-refractivity contribution in [3.05, 3.63) is 10.6 Å². The van der Waals surface area contributed by atoms with Gasteiger partial charge < -0.3 is 10.2 Å². The van der Waals surface area contributed by atoms with E-state index in [0.29, 0.717) is 6.04 Å². The second-order valence-electron chi connectivity index (χ2n) is 6.08. The van der Waals surface area contributed by atoms with Gasteiger partial charge in [0.05, 0.1) is 5.69 Å². The van der Waals surface area contributed by atoms with Crippen LogP contribution in [0.25, 0.3) is 0 Å². The number of nitrogens with one attached hydrogen (secondary N) is 1. The first-order valence-corrected chi connectivity index (χ1v) is 8.95. The van der Waals surface area contributed by atoms with E-state index in [2.05, 4.69) is 37.9 Å². The number of thiazole rings is 1. The van der Waals surface area contributed by atoms with E-state index in [-0.39, 0.29) is 0 Å². The number of hydrogen-bond acceptors (Lipinski definition) is 4. The lowest BCUT2D eigenvalue weighted by Gasteiger charge is -2.20. The Morgan fingerprint density at radius 3 is 2.60 bits per heavy atom. The van der Waals surface area contributed by atoms with Crippen LogP contribution >= 0.6 is 11.3 Å². The number of aryl methyl sites for hydroxylation is 1. The summed E-state index contributed by atoms with van der Waals surface area (Å²) in [6, 6.07) is 1.30. The van der Waals surface area contributed by atoms with Gasteiger partial charge in [-0.05, 0) is 25.7 Å². The van der Waals surface area contributed by atoms with E-state index in [1.165, 1.54) is 41.4 Å². The molecule has 1 saturated carbocycles. The minimum absolute atomic E-state index is 0.533. The molecule has 1 aliphatic carbocycles. The van der Waals surface area contributed by atoms with Crippen molar-refractivity contribution >= 4 is 16.5 Å². The molecule has 0 amide bonds. The van der Waals surface area contributed by atoms with E-state index < -0.39 is 0 Å². The van der Waals surface area contributed by atoms with Gasteiger partial charge in [-0.15, -0.1) is 11.3 Å². The first-order chi connectivity index (χ1) is 9.65. The molecule has 0 bridgehead atoms. The Hall–Kier alpha value is -0.610. The van der Waals surface area contributed by atoms with Crippen LogP contribution in [-0.4, -0.2) is 23.6 Å². The Morgan fingerprint density at radius 1 is 1.30 bits per heavy atom. The van der Waals surface area contributed by atoms with Crippen molar-refractivity contribution in [3.8, 4) is 0 Å². The lowest BCUT2D eigenvalue weighted by Crippen LogP contribution is -2.26. The zero-order chi connectivity index (χ0) is 14.5. The maximum Gasteiger partial charge on any atom is 0.186 e. The highest BCUT2D eigenvalue weighted by atomic mass is 32.1. The normalized spacial score (nSPS) is 15.1. The van der Waals surface area contributed by atoms with Crippen molar-refractivity contribution in [2.24, 2.45) is 0 Å². The van der Waals surface area contributed by atoms with Crippen LogP contribution in [0.5, 0.6) is 0 Å². The van der Waals surface area contributed by atoms with Gasteiger partial charge in [-0.3, -0.25) is 0 Å². The minimum Gasteiger partial charge on any atom is -0.345 e. The van der Waals surface area contributed by atoms with Crippen molar-refractivity contribution < 1.29 is 0 Å². The summed E-state index contributed by atoms with van der Waals surface area (Å²) in [6.07, 6.45) is 6.19. The monoisotopic (exact) mass is 295 g/mol. The molecule has 0 aromatic carbocycles. The molecule has 1 N–H and O–H groups in total. The number of nitrogens with zero attached hydrogens (tertiary/aromatic N) is 2. The first-order valence-electron chi connectivity index (χ1n) is 8.14. The van der Waals surface area contributed by atoms with E-state index in [0.717, 1.165) is 25.6 Å². The summed E-state index contributed by atoms with van der Waals surface area (Å²) in [5, 5.41) is 4.80. The SMILES string of the molecule is CCCc1nc(N(CCC)C2CC2)sc1CNC(C)C. The fourth-order valence-corrected chi connectivity index (χ4v) is 3.58. The van der Waals surface area contributed by atoms with Gasteiger partial charge in [0.1, 0.15) is 0 Å². The van der Waals surface area contributed by atoms with E-state index >= 15 is 0 Å². The van der Waals surface area contributed by atoms with Crippen molar-refractivity contribution in [1.29, 1.82) is 0 Å². The van der Waals surface area contributed by atoms with Crippen molar-refractivity contribution in [3.63, 3.8) is 0 Å². The second kappa shape index (κ2) is 7.41. The molecule has 0 spiro atoms. The molecule has 0 saturated heterocycles. The molecule has 1 fully saturated rings. The van der Waals surface area contributed by atoms with E-state index in [1.54, 1.807) is 0 Å². The summed E-state index contributed by atoms with van der Waals surface area (Å²) in [5.74, 6) is 0. The van der Waals surface area contributed by atoms with Crippen molar-refractivity contribution in [1.82, 2.24) is 10.3 Å². The fourth-order valence-electron chi connectivity index (χ4n) is 2.42. The quantitative estimate of drug-likeness (QED) is 0.747. The maximum atomic E-state index is 4.96. The molecule has 0 aliphatic heterocycles. The lowest BCUT2D eigenvalue weighted by molar-refractivity contribution is 0.589. The Morgan fingerprint density at radius 2 is 2.05 bits per heavy atom. The summed E-state index contributed by atoms with van der Waals surface area (Å²) in [4.78, 5) is 8.95. The zero-order valence-corrected chi connectivity index (χ0v) is 14.2. The van der Waals surface area contributed by atoms with E-state index in [1.807, 2.05) is 11.3 Å². The molecule has 4 heteroatoms. The van der Waals surface area contributed by atoms with Crippen molar-refractivity contribution in [2.45, 2.75) is 78.4 Å². The maximum absolute atomic E-state index is 4.96. The Bertz CT molecular complexity index is 410. The van der Waals surface area contributed by atoms with E-state index in [9.17, 15) is 0 Å². The van der Waals surface area contributed by atoms with Crippen LogP contribution in [0.3, 0.4) is 0 Å². The largest absolute Gasteiger partial charge is 0.345 e. The molecular weight excluding hydrogens is 266 g/mol. The molecule has 20 heavy (non-hydrogen) atoms. The average Bonchev–Trinajstić information content (AvgIpc) is 3.16. The van der Waals surface area contributed by atoms with E-state index in [4.69, 9.17) is 4.98 Å². The van der Waals surface area contributed by atoms with Crippen LogP contribution in [0.4, 0.5) is 5.13 Å². The second-order valence-corrected chi connectivity index (χ2v) is 7.14. The first kappa shape index (κ1) is 15.8. The summed E-state index contributed by atoms with van der Waals surface area (Å²) in [5.41, 5.74) is 1.32. The Balaban J connectivity index is 2.13. The average molecular weight is 295 g/mol.